The summed E-state index contributed by atoms with van der Waals surface area (Å²) in [6.45, 7) is 9.64. The number of nitrogens with zero attached hydrogens (tertiary/aromatic N) is 3. The first kappa shape index (κ1) is 26.4. The van der Waals surface area contributed by atoms with Gasteiger partial charge in [0.2, 0.25) is 11.8 Å². The van der Waals surface area contributed by atoms with Gasteiger partial charge in [0, 0.05) is 30.8 Å². The van der Waals surface area contributed by atoms with Gasteiger partial charge in [0.05, 0.1) is 30.6 Å². The molecule has 0 aliphatic carbocycles. The molecule has 8 nitrogen and oxygen atoms in total. The topological polar surface area (TPSA) is 90.4 Å². The Hall–Kier alpha value is -2.68. The Labute approximate surface area is 217 Å². The molecule has 3 amide bonds. The zero-order valence-corrected chi connectivity index (χ0v) is 21.6. The molecule has 3 saturated heterocycles. The minimum atomic E-state index is -1.14. The van der Waals surface area contributed by atoms with Crippen LogP contribution in [-0.2, 0) is 19.1 Å². The Morgan fingerprint density at radius 2 is 1.92 bits per heavy atom. The highest BCUT2D eigenvalue weighted by Crippen LogP contribution is 2.59. The number of carbonyl (C=O) groups excluding carboxylic acids is 3. The molecule has 36 heavy (non-hydrogen) atoms. The van der Waals surface area contributed by atoms with E-state index in [1.807, 2.05) is 6.92 Å². The molecule has 0 radical (unpaired) electrons. The third kappa shape index (κ3) is 4.05. The van der Waals surface area contributed by atoms with Crippen molar-refractivity contribution < 1.29 is 24.2 Å². The first-order valence-electron chi connectivity index (χ1n) is 12.4. The molecule has 2 unspecified atom stereocenters. The van der Waals surface area contributed by atoms with Gasteiger partial charge in [0.25, 0.3) is 5.91 Å². The average Bonchev–Trinajstić information content (AvgIpc) is 3.51. The van der Waals surface area contributed by atoms with Gasteiger partial charge in [-0.15, -0.1) is 13.2 Å². The first-order valence-corrected chi connectivity index (χ1v) is 12.8. The van der Waals surface area contributed by atoms with Crippen molar-refractivity contribution in [3.05, 3.63) is 54.6 Å². The van der Waals surface area contributed by atoms with E-state index in [1.165, 1.54) is 4.90 Å². The van der Waals surface area contributed by atoms with Crippen LogP contribution in [0.4, 0.5) is 5.69 Å². The molecule has 1 aromatic carbocycles. The maximum absolute atomic E-state index is 14.3. The molecule has 3 aliphatic heterocycles. The van der Waals surface area contributed by atoms with E-state index < -0.39 is 35.6 Å². The lowest BCUT2D eigenvalue weighted by atomic mass is 9.70. The van der Waals surface area contributed by atoms with Gasteiger partial charge in [-0.3, -0.25) is 14.4 Å². The molecule has 0 aromatic heterocycles. The second-order valence-corrected chi connectivity index (χ2v) is 10.2. The molecule has 2 bridgehead atoms. The molecule has 194 valence electrons. The minimum Gasteiger partial charge on any atom is -0.394 e. The van der Waals surface area contributed by atoms with E-state index in [0.29, 0.717) is 36.5 Å². The number of likely N-dealkylation sites (tertiary alicyclic amines) is 1. The van der Waals surface area contributed by atoms with Gasteiger partial charge >= 0.3 is 0 Å². The number of likely N-dealkylation sites (N-methyl/N-ethyl adjacent to an activating group) is 1. The normalized spacial score (nSPS) is 29.1. The monoisotopic (exact) mass is 515 g/mol. The Kier molecular flexibility index (Phi) is 7.59. The van der Waals surface area contributed by atoms with E-state index in [9.17, 15) is 19.5 Å². The third-order valence-corrected chi connectivity index (χ3v) is 8.08. The number of aliphatic hydroxyl groups excluding tert-OH is 1. The van der Waals surface area contributed by atoms with E-state index in [0.717, 1.165) is 0 Å². The molecule has 3 aliphatic rings. The smallest absolute Gasteiger partial charge is 0.253 e. The number of benzene rings is 1. The summed E-state index contributed by atoms with van der Waals surface area (Å²) in [5.74, 6) is -2.30. The van der Waals surface area contributed by atoms with Gasteiger partial charge in [-0.05, 0) is 43.5 Å². The van der Waals surface area contributed by atoms with Gasteiger partial charge in [-0.2, -0.15) is 0 Å². The van der Waals surface area contributed by atoms with Gasteiger partial charge in [-0.25, -0.2) is 0 Å². The van der Waals surface area contributed by atoms with Crippen LogP contribution in [0.2, 0.25) is 5.02 Å². The molecular formula is C27H34ClN3O5. The van der Waals surface area contributed by atoms with Crippen molar-refractivity contribution in [2.24, 2.45) is 11.8 Å². The Balaban J connectivity index is 1.80. The number of carbonyl (C=O) groups is 3. The molecule has 1 aromatic rings. The summed E-state index contributed by atoms with van der Waals surface area (Å²) in [5, 5.41) is 10.7. The van der Waals surface area contributed by atoms with Crippen LogP contribution in [0.25, 0.3) is 0 Å². The highest BCUT2D eigenvalue weighted by molar-refractivity contribution is 6.30. The van der Waals surface area contributed by atoms with E-state index in [-0.39, 0.29) is 30.9 Å². The molecule has 0 saturated carbocycles. The van der Waals surface area contributed by atoms with Crippen molar-refractivity contribution >= 4 is 35.0 Å². The molecule has 9 heteroatoms. The van der Waals surface area contributed by atoms with E-state index in [2.05, 4.69) is 13.2 Å². The molecule has 3 heterocycles. The highest BCUT2D eigenvalue weighted by atomic mass is 35.5. The Morgan fingerprint density at radius 1 is 1.25 bits per heavy atom. The lowest BCUT2D eigenvalue weighted by molar-refractivity contribution is -0.146. The molecule has 1 spiro atoms. The summed E-state index contributed by atoms with van der Waals surface area (Å²) >= 11 is 6.07. The van der Waals surface area contributed by atoms with Crippen LogP contribution < -0.4 is 4.90 Å². The third-order valence-electron chi connectivity index (χ3n) is 7.83. The largest absolute Gasteiger partial charge is 0.394 e. The lowest BCUT2D eigenvalue weighted by Crippen LogP contribution is -2.59. The number of fused-ring (bicyclic) bond motifs is 1. The highest BCUT2D eigenvalue weighted by Gasteiger charge is 2.75. The van der Waals surface area contributed by atoms with Crippen molar-refractivity contribution in [2.45, 2.75) is 50.0 Å². The van der Waals surface area contributed by atoms with Crippen LogP contribution in [0, 0.1) is 11.8 Å². The number of hydrogen-bond acceptors (Lipinski definition) is 5. The summed E-state index contributed by atoms with van der Waals surface area (Å²) in [5.41, 5.74) is -0.526. The maximum Gasteiger partial charge on any atom is 0.253 e. The predicted octanol–water partition coefficient (Wildman–Crippen LogP) is 2.65. The van der Waals surface area contributed by atoms with Gasteiger partial charge < -0.3 is 24.5 Å². The van der Waals surface area contributed by atoms with Crippen molar-refractivity contribution in [2.75, 3.05) is 31.6 Å². The summed E-state index contributed by atoms with van der Waals surface area (Å²) in [6.07, 6.45) is 4.34. The first-order chi connectivity index (χ1) is 17.2. The van der Waals surface area contributed by atoms with Gasteiger partial charge in [-0.1, -0.05) is 30.7 Å². The van der Waals surface area contributed by atoms with Crippen molar-refractivity contribution in [3.8, 4) is 0 Å². The average molecular weight is 516 g/mol. The SMILES string of the molecule is C=CCN(C)C(=O)[C@@H]1[C@@H]2CCC3(O2)C(C(=O)N(CC=C)c2ccc(Cl)cc2)N([C@@H](CC)CO)C(=O)[C@H]13. The Morgan fingerprint density at radius 3 is 2.50 bits per heavy atom. The Bertz CT molecular complexity index is 1040. The van der Waals surface area contributed by atoms with Crippen molar-refractivity contribution in [1.29, 1.82) is 0 Å². The van der Waals surface area contributed by atoms with Crippen molar-refractivity contribution in [3.63, 3.8) is 0 Å². The van der Waals surface area contributed by atoms with Gasteiger partial charge in [0.15, 0.2) is 0 Å². The second kappa shape index (κ2) is 10.4. The quantitative estimate of drug-likeness (QED) is 0.484. The molecular weight excluding hydrogens is 482 g/mol. The predicted molar refractivity (Wildman–Crippen MR) is 137 cm³/mol. The fourth-order valence-electron chi connectivity index (χ4n) is 6.22. The van der Waals surface area contributed by atoms with Crippen LogP contribution in [0.5, 0.6) is 0 Å². The van der Waals surface area contributed by atoms with Crippen molar-refractivity contribution in [1.82, 2.24) is 9.80 Å². The minimum absolute atomic E-state index is 0.189. The number of rotatable bonds is 10. The number of hydrogen-bond donors (Lipinski definition) is 1. The van der Waals surface area contributed by atoms with Gasteiger partial charge in [0.1, 0.15) is 11.6 Å². The van der Waals surface area contributed by atoms with Crippen LogP contribution in [0.15, 0.2) is 49.6 Å². The lowest BCUT2D eigenvalue weighted by Gasteiger charge is -2.39. The number of ether oxygens (including phenoxy) is 1. The molecule has 1 N–H and O–H groups in total. The number of aliphatic hydroxyl groups is 1. The number of halogens is 1. The summed E-state index contributed by atoms with van der Waals surface area (Å²) in [4.78, 5) is 46.4. The second-order valence-electron chi connectivity index (χ2n) is 9.77. The summed E-state index contributed by atoms with van der Waals surface area (Å²) in [7, 11) is 1.68. The molecule has 4 rings (SSSR count). The fourth-order valence-corrected chi connectivity index (χ4v) is 6.34. The van der Waals surface area contributed by atoms with Crippen LogP contribution in [-0.4, -0.2) is 83.2 Å². The zero-order valence-electron chi connectivity index (χ0n) is 20.8. The standard InChI is InChI=1S/C27H34ClN3O5/c1-5-14-29(4)24(33)21-20-12-13-27(36-20)22(21)25(34)31(18(7-3)16-32)23(27)26(35)30(15-6-2)19-10-8-17(28)9-11-19/h5-6,8-11,18,20-23,32H,1-2,7,12-16H2,3-4H3/t18-,20-,21+,22-,23?,27?/m0/s1. The van der Waals surface area contributed by atoms with Crippen LogP contribution in [0.1, 0.15) is 26.2 Å². The fraction of sp³-hybridized carbons (Fsp3) is 0.519. The van der Waals surface area contributed by atoms with Crippen LogP contribution >= 0.6 is 11.6 Å². The van der Waals surface area contributed by atoms with E-state index in [4.69, 9.17) is 16.3 Å². The summed E-state index contributed by atoms with van der Waals surface area (Å²) in [6, 6.07) is 5.33. The molecule has 6 atom stereocenters. The zero-order chi connectivity index (χ0) is 26.2. The van der Waals surface area contributed by atoms with E-state index in [1.54, 1.807) is 53.3 Å². The summed E-state index contributed by atoms with van der Waals surface area (Å²) < 4.78 is 6.49. The number of anilines is 1. The number of amides is 3. The van der Waals surface area contributed by atoms with E-state index >= 15 is 0 Å². The van der Waals surface area contributed by atoms with Crippen LogP contribution in [0.3, 0.4) is 0 Å². The maximum atomic E-state index is 14.3. The molecule has 3 fully saturated rings.